The fourth-order valence-corrected chi connectivity index (χ4v) is 4.44. The molecule has 0 spiro atoms. The molecule has 2 aromatic rings. The molecule has 1 unspecified atom stereocenters. The van der Waals surface area contributed by atoms with Crippen molar-refractivity contribution in [2.24, 2.45) is 0 Å². The van der Waals surface area contributed by atoms with Gasteiger partial charge in [-0.1, -0.05) is 13.8 Å². The molecule has 0 aromatic carbocycles. The molecule has 2 saturated heterocycles. The first kappa shape index (κ1) is 21.0. The second kappa shape index (κ2) is 9.38. The Labute approximate surface area is 193 Å². The lowest BCUT2D eigenvalue weighted by atomic mass is 10.0. The summed E-state index contributed by atoms with van der Waals surface area (Å²) >= 11 is 0. The molecule has 0 saturated carbocycles. The number of amides is 1. The SMILES string of the molecule is [2H]CC([2H])(C)c1cnc2c(NC3CCN(C[C@@H]4CN(C(=O)O)CCO4)CC3)cc(C(F)(F)F)cn12. The van der Waals surface area contributed by atoms with Crippen LogP contribution in [0, 0.1) is 0 Å². The van der Waals surface area contributed by atoms with Crippen LogP contribution in [0.1, 0.15) is 46.6 Å². The highest BCUT2D eigenvalue weighted by molar-refractivity contribution is 5.70. The number of fused-ring (bicyclic) bond motifs is 1. The van der Waals surface area contributed by atoms with Gasteiger partial charge in [0, 0.05) is 53.0 Å². The van der Waals surface area contributed by atoms with Crippen molar-refractivity contribution in [3.05, 3.63) is 29.7 Å². The minimum Gasteiger partial charge on any atom is -0.465 e. The number of carbonyl (C=O) groups is 1. The molecule has 2 aliphatic heterocycles. The van der Waals surface area contributed by atoms with Crippen LogP contribution in [-0.2, 0) is 10.9 Å². The van der Waals surface area contributed by atoms with E-state index in [1.807, 2.05) is 0 Å². The molecule has 8 nitrogen and oxygen atoms in total. The molecule has 2 aromatic heterocycles. The number of pyridine rings is 1. The van der Waals surface area contributed by atoms with Crippen LogP contribution >= 0.6 is 0 Å². The average molecular weight is 472 g/mol. The summed E-state index contributed by atoms with van der Waals surface area (Å²) < 4.78 is 63.8. The lowest BCUT2D eigenvalue weighted by molar-refractivity contribution is -0.137. The van der Waals surface area contributed by atoms with Gasteiger partial charge in [0.1, 0.15) is 0 Å². The maximum absolute atomic E-state index is 13.6. The van der Waals surface area contributed by atoms with Crippen LogP contribution in [0.2, 0.25) is 0 Å². The summed E-state index contributed by atoms with van der Waals surface area (Å²) in [6.07, 6.45) is -2.04. The van der Waals surface area contributed by atoms with Gasteiger partial charge in [-0.25, -0.2) is 9.78 Å². The minimum absolute atomic E-state index is 0.0694. The number of alkyl halides is 3. The van der Waals surface area contributed by atoms with Gasteiger partial charge >= 0.3 is 12.3 Å². The van der Waals surface area contributed by atoms with Crippen LogP contribution in [0.15, 0.2) is 18.5 Å². The summed E-state index contributed by atoms with van der Waals surface area (Å²) in [5, 5.41) is 12.4. The molecule has 4 heterocycles. The molecule has 33 heavy (non-hydrogen) atoms. The van der Waals surface area contributed by atoms with Crippen molar-refractivity contribution < 1.29 is 30.6 Å². The van der Waals surface area contributed by atoms with Crippen molar-refractivity contribution in [2.75, 3.05) is 44.6 Å². The van der Waals surface area contributed by atoms with E-state index in [1.165, 1.54) is 22.4 Å². The largest absolute Gasteiger partial charge is 0.465 e. The van der Waals surface area contributed by atoms with Crippen molar-refractivity contribution in [3.63, 3.8) is 0 Å². The Morgan fingerprint density at radius 3 is 2.85 bits per heavy atom. The van der Waals surface area contributed by atoms with Gasteiger partial charge in [0.2, 0.25) is 0 Å². The van der Waals surface area contributed by atoms with Crippen molar-refractivity contribution in [1.29, 1.82) is 0 Å². The topological polar surface area (TPSA) is 82.3 Å². The Hall–Kier alpha value is -2.53. The highest BCUT2D eigenvalue weighted by Crippen LogP contribution is 2.34. The standard InChI is InChI=1S/C22H30F3N5O3/c1-14(2)19-10-26-20-18(9-15(11-30(19)20)22(23,24)25)27-16-3-5-28(6-4-16)12-17-13-29(21(31)32)7-8-33-17/h9-11,14,16-17,27H,3-8,12-13H2,1-2H3,(H,31,32)/t17-/m1/s1/i1D,14D/t14?,17-. The zero-order valence-corrected chi connectivity index (χ0v) is 18.4. The quantitative estimate of drug-likeness (QED) is 0.692. The highest BCUT2D eigenvalue weighted by atomic mass is 19.4. The van der Waals surface area contributed by atoms with Crippen LogP contribution in [0.5, 0.6) is 0 Å². The molecular formula is C22H30F3N5O3. The van der Waals surface area contributed by atoms with Gasteiger partial charge in [-0.05, 0) is 24.8 Å². The molecule has 1 amide bonds. The number of hydrogen-bond donors (Lipinski definition) is 2. The third-order valence-corrected chi connectivity index (χ3v) is 6.19. The fourth-order valence-electron chi connectivity index (χ4n) is 4.44. The van der Waals surface area contributed by atoms with Gasteiger partial charge in [-0.2, -0.15) is 13.2 Å². The van der Waals surface area contributed by atoms with Crippen LogP contribution in [0.4, 0.5) is 23.7 Å². The summed E-state index contributed by atoms with van der Waals surface area (Å²) in [6.45, 7) is 4.22. The number of halogens is 3. The first-order valence-corrected chi connectivity index (χ1v) is 10.9. The number of likely N-dealkylation sites (tertiary alicyclic amines) is 1. The number of hydrogen-bond acceptors (Lipinski definition) is 5. The maximum Gasteiger partial charge on any atom is 0.417 e. The molecule has 0 radical (unpaired) electrons. The Balaban J connectivity index is 1.46. The van der Waals surface area contributed by atoms with E-state index >= 15 is 0 Å². The van der Waals surface area contributed by atoms with E-state index in [0.717, 1.165) is 12.3 Å². The zero-order chi connectivity index (χ0) is 25.4. The first-order chi connectivity index (χ1) is 16.5. The number of nitrogens with zero attached hydrogens (tertiary/aromatic N) is 4. The van der Waals surface area contributed by atoms with E-state index < -0.39 is 23.7 Å². The number of aromatic nitrogens is 2. The monoisotopic (exact) mass is 471 g/mol. The smallest absolute Gasteiger partial charge is 0.417 e. The highest BCUT2D eigenvalue weighted by Gasteiger charge is 2.33. The number of ether oxygens (including phenoxy) is 1. The number of nitrogens with one attached hydrogen (secondary N) is 1. The van der Waals surface area contributed by atoms with E-state index in [9.17, 15) is 23.1 Å². The van der Waals surface area contributed by atoms with Crippen molar-refractivity contribution in [3.8, 4) is 0 Å². The fraction of sp³-hybridized carbons (Fsp3) is 0.636. The Kier molecular flexibility index (Phi) is 5.98. The number of imidazole rings is 1. The predicted octanol–water partition coefficient (Wildman–Crippen LogP) is 3.73. The van der Waals surface area contributed by atoms with Crippen molar-refractivity contribution >= 4 is 17.4 Å². The molecule has 2 aliphatic rings. The molecule has 182 valence electrons. The Morgan fingerprint density at radius 2 is 2.18 bits per heavy atom. The van der Waals surface area contributed by atoms with Gasteiger partial charge in [0.15, 0.2) is 5.65 Å². The Morgan fingerprint density at radius 1 is 1.42 bits per heavy atom. The number of piperidine rings is 1. The summed E-state index contributed by atoms with van der Waals surface area (Å²) in [7, 11) is 0. The molecule has 11 heteroatoms. The van der Waals surface area contributed by atoms with E-state index in [1.54, 1.807) is 0 Å². The van der Waals surface area contributed by atoms with Crippen LogP contribution < -0.4 is 5.32 Å². The molecule has 2 N–H and O–H groups in total. The summed E-state index contributed by atoms with van der Waals surface area (Å²) in [5.74, 6) is -1.40. The lowest BCUT2D eigenvalue weighted by Crippen LogP contribution is -2.51. The minimum atomic E-state index is -4.57. The summed E-state index contributed by atoms with van der Waals surface area (Å²) in [4.78, 5) is 19.0. The summed E-state index contributed by atoms with van der Waals surface area (Å²) in [6, 6.07) is 0.983. The molecule has 2 fully saturated rings. The second-order valence-corrected chi connectivity index (χ2v) is 8.70. The van der Waals surface area contributed by atoms with Crippen LogP contribution in [0.25, 0.3) is 5.65 Å². The van der Waals surface area contributed by atoms with Gasteiger partial charge < -0.3 is 29.4 Å². The first-order valence-electron chi connectivity index (χ1n) is 12.1. The van der Waals surface area contributed by atoms with Crippen LogP contribution in [-0.4, -0.2) is 81.9 Å². The average Bonchev–Trinajstić information content (AvgIpc) is 3.25. The number of anilines is 1. The molecule has 0 aliphatic carbocycles. The van der Waals surface area contributed by atoms with Crippen molar-refractivity contribution in [1.82, 2.24) is 19.2 Å². The van der Waals surface area contributed by atoms with E-state index in [-0.39, 0.29) is 30.4 Å². The van der Waals surface area contributed by atoms with Crippen LogP contribution in [0.3, 0.4) is 0 Å². The molecule has 0 bridgehead atoms. The van der Waals surface area contributed by atoms with Gasteiger partial charge in [-0.15, -0.1) is 0 Å². The second-order valence-electron chi connectivity index (χ2n) is 8.70. The number of morpholine rings is 1. The lowest BCUT2D eigenvalue weighted by Gasteiger charge is -2.37. The molecule has 4 rings (SSSR count). The molecular weight excluding hydrogens is 439 g/mol. The molecule has 2 atom stereocenters. The third-order valence-electron chi connectivity index (χ3n) is 6.19. The normalized spacial score (nSPS) is 23.8. The van der Waals surface area contributed by atoms with Gasteiger partial charge in [0.05, 0.1) is 30.5 Å². The van der Waals surface area contributed by atoms with E-state index in [4.69, 9.17) is 7.48 Å². The third kappa shape index (κ3) is 5.35. The van der Waals surface area contributed by atoms with Gasteiger partial charge in [-0.3, -0.25) is 0 Å². The maximum atomic E-state index is 13.6. The predicted molar refractivity (Wildman–Crippen MR) is 117 cm³/mol. The zero-order valence-electron chi connectivity index (χ0n) is 20.4. The van der Waals surface area contributed by atoms with E-state index in [2.05, 4.69) is 15.2 Å². The number of rotatable bonds is 5. The number of carboxylic acid groups (broad SMARTS) is 1. The Bertz CT molecular complexity index is 1060. The van der Waals surface area contributed by atoms with E-state index in [0.29, 0.717) is 57.8 Å². The van der Waals surface area contributed by atoms with Crippen molar-refractivity contribution in [2.45, 2.75) is 50.9 Å². The van der Waals surface area contributed by atoms with Gasteiger partial charge in [0.25, 0.3) is 0 Å². The summed E-state index contributed by atoms with van der Waals surface area (Å²) in [5.41, 5.74) is -0.0681.